The van der Waals surface area contributed by atoms with Crippen molar-refractivity contribution < 1.29 is 4.79 Å². The predicted molar refractivity (Wildman–Crippen MR) is 110 cm³/mol. The zero-order valence-corrected chi connectivity index (χ0v) is 15.9. The van der Waals surface area contributed by atoms with E-state index in [4.69, 9.17) is 0 Å². The molecule has 3 heterocycles. The number of anilines is 1. The van der Waals surface area contributed by atoms with Gasteiger partial charge in [0.2, 0.25) is 5.95 Å². The zero-order valence-electron chi connectivity index (χ0n) is 15.9. The van der Waals surface area contributed by atoms with E-state index in [1.54, 1.807) is 35.5 Å². The summed E-state index contributed by atoms with van der Waals surface area (Å²) in [4.78, 5) is 25.7. The van der Waals surface area contributed by atoms with Crippen molar-refractivity contribution in [3.63, 3.8) is 0 Å². The van der Waals surface area contributed by atoms with Crippen LogP contribution in [-0.4, -0.2) is 35.2 Å². The van der Waals surface area contributed by atoms with Crippen LogP contribution in [0.1, 0.15) is 10.4 Å². The van der Waals surface area contributed by atoms with E-state index in [1.807, 2.05) is 49.1 Å². The molecule has 5 aromatic rings. The maximum Gasteiger partial charge on any atom is 0.258 e. The molecular formula is C21H17N7O. The third-order valence-electron chi connectivity index (χ3n) is 4.83. The normalized spacial score (nSPS) is 11.2. The first-order chi connectivity index (χ1) is 14.1. The summed E-state index contributed by atoms with van der Waals surface area (Å²) in [7, 11) is 3.79. The van der Waals surface area contributed by atoms with E-state index in [-0.39, 0.29) is 11.9 Å². The largest absolute Gasteiger partial charge is 0.334 e. The molecule has 1 N–H and O–H groups in total. The van der Waals surface area contributed by atoms with Gasteiger partial charge in [-0.3, -0.25) is 14.8 Å². The first-order valence-electron chi connectivity index (χ1n) is 9.05. The number of imidazole rings is 1. The molecule has 0 aliphatic rings. The lowest BCUT2D eigenvalue weighted by Crippen LogP contribution is -2.14. The number of benzene rings is 2. The topological polar surface area (TPSA) is 90.5 Å². The fourth-order valence-corrected chi connectivity index (χ4v) is 3.28. The minimum atomic E-state index is -0.277. The number of hydrogen-bond acceptors (Lipinski definition) is 5. The Morgan fingerprint density at radius 3 is 2.69 bits per heavy atom. The van der Waals surface area contributed by atoms with E-state index in [0.29, 0.717) is 5.56 Å². The highest BCUT2D eigenvalue weighted by Crippen LogP contribution is 2.23. The number of carbonyl (C=O) groups is 1. The fourth-order valence-electron chi connectivity index (χ4n) is 3.28. The molecule has 0 unspecified atom stereocenters. The summed E-state index contributed by atoms with van der Waals surface area (Å²) >= 11 is 0. The van der Waals surface area contributed by atoms with Gasteiger partial charge in [0.05, 0.1) is 29.1 Å². The number of nitrogens with zero attached hydrogens (tertiary/aromatic N) is 6. The van der Waals surface area contributed by atoms with Crippen molar-refractivity contribution in [1.82, 2.24) is 29.3 Å². The van der Waals surface area contributed by atoms with Gasteiger partial charge in [-0.2, -0.15) is 5.10 Å². The summed E-state index contributed by atoms with van der Waals surface area (Å²) in [6.45, 7) is 0. The highest BCUT2D eigenvalue weighted by Gasteiger charge is 2.11. The van der Waals surface area contributed by atoms with Crippen LogP contribution in [0.3, 0.4) is 0 Å². The van der Waals surface area contributed by atoms with Crippen LogP contribution in [0, 0.1) is 0 Å². The van der Waals surface area contributed by atoms with E-state index in [1.165, 1.54) is 0 Å². The molecule has 0 radical (unpaired) electrons. The van der Waals surface area contributed by atoms with Crippen molar-refractivity contribution in [1.29, 1.82) is 0 Å². The Morgan fingerprint density at radius 1 is 0.966 bits per heavy atom. The molecule has 2 aromatic carbocycles. The van der Waals surface area contributed by atoms with Gasteiger partial charge in [0.25, 0.3) is 5.91 Å². The molecule has 0 aliphatic carbocycles. The number of hydrogen-bond donors (Lipinski definition) is 1. The molecule has 8 nitrogen and oxygen atoms in total. The molecule has 29 heavy (non-hydrogen) atoms. The summed E-state index contributed by atoms with van der Waals surface area (Å²) in [5.41, 5.74) is 4.98. The molecule has 0 atom stereocenters. The smallest absolute Gasteiger partial charge is 0.258 e. The van der Waals surface area contributed by atoms with E-state index in [9.17, 15) is 4.79 Å². The number of aromatic nitrogens is 6. The number of nitrogens with one attached hydrogen (secondary N) is 1. The second-order valence-electron chi connectivity index (χ2n) is 6.88. The van der Waals surface area contributed by atoms with Crippen molar-refractivity contribution >= 4 is 33.8 Å². The average Bonchev–Trinajstić information content (AvgIpc) is 3.33. The maximum absolute atomic E-state index is 12.7. The van der Waals surface area contributed by atoms with Gasteiger partial charge in [-0.25, -0.2) is 15.0 Å². The molecule has 0 spiro atoms. The highest BCUT2D eigenvalue weighted by molar-refractivity contribution is 6.05. The molecule has 3 aromatic heterocycles. The second-order valence-corrected chi connectivity index (χ2v) is 6.88. The van der Waals surface area contributed by atoms with Crippen LogP contribution in [0.4, 0.5) is 5.95 Å². The Morgan fingerprint density at radius 2 is 1.86 bits per heavy atom. The first kappa shape index (κ1) is 17.1. The lowest BCUT2D eigenvalue weighted by atomic mass is 10.1. The molecular weight excluding hydrogens is 366 g/mol. The lowest BCUT2D eigenvalue weighted by Gasteiger charge is -2.06. The molecule has 8 heteroatoms. The Kier molecular flexibility index (Phi) is 3.83. The van der Waals surface area contributed by atoms with E-state index in [2.05, 4.69) is 25.4 Å². The third-order valence-corrected chi connectivity index (χ3v) is 4.83. The van der Waals surface area contributed by atoms with Crippen molar-refractivity contribution in [2.75, 3.05) is 5.32 Å². The van der Waals surface area contributed by atoms with E-state index in [0.717, 1.165) is 33.1 Å². The monoisotopic (exact) mass is 383 g/mol. The van der Waals surface area contributed by atoms with Gasteiger partial charge in [0.1, 0.15) is 0 Å². The molecule has 1 amide bonds. The number of amides is 1. The van der Waals surface area contributed by atoms with Crippen LogP contribution < -0.4 is 5.32 Å². The van der Waals surface area contributed by atoms with Crippen molar-refractivity contribution in [2.24, 2.45) is 14.1 Å². The van der Waals surface area contributed by atoms with Crippen molar-refractivity contribution in [3.8, 4) is 11.1 Å². The summed E-state index contributed by atoms with van der Waals surface area (Å²) in [6.07, 6.45) is 7.17. The van der Waals surface area contributed by atoms with Crippen LogP contribution in [0.15, 0.2) is 61.3 Å². The van der Waals surface area contributed by atoms with Crippen LogP contribution in [0.2, 0.25) is 0 Å². The fraction of sp³-hybridized carbons (Fsp3) is 0.0952. The number of aryl methyl sites for hydroxylation is 2. The van der Waals surface area contributed by atoms with Gasteiger partial charge in [-0.05, 0) is 29.8 Å². The predicted octanol–water partition coefficient (Wildman–Crippen LogP) is 3.17. The minimum absolute atomic E-state index is 0.256. The second kappa shape index (κ2) is 6.52. The quantitative estimate of drug-likeness (QED) is 0.517. The van der Waals surface area contributed by atoms with Gasteiger partial charge in [-0.1, -0.05) is 12.1 Å². The number of rotatable bonds is 3. The van der Waals surface area contributed by atoms with Gasteiger partial charge in [0, 0.05) is 43.0 Å². The Labute approximate surface area is 165 Å². The van der Waals surface area contributed by atoms with Crippen LogP contribution >= 0.6 is 0 Å². The van der Waals surface area contributed by atoms with Crippen molar-refractivity contribution in [3.05, 3.63) is 66.9 Å². The number of carbonyl (C=O) groups excluding carboxylic acids is 1. The molecule has 5 rings (SSSR count). The van der Waals surface area contributed by atoms with Crippen molar-refractivity contribution in [2.45, 2.75) is 0 Å². The summed E-state index contributed by atoms with van der Waals surface area (Å²) in [6, 6.07) is 11.3. The summed E-state index contributed by atoms with van der Waals surface area (Å²) in [5.74, 6) is -0.0210. The zero-order chi connectivity index (χ0) is 20.0. The highest BCUT2D eigenvalue weighted by atomic mass is 16.1. The third kappa shape index (κ3) is 3.10. The Bertz CT molecular complexity index is 1380. The molecule has 0 bridgehead atoms. The summed E-state index contributed by atoms with van der Waals surface area (Å²) in [5, 5.41) is 7.87. The molecule has 0 fully saturated rings. The standard InChI is InChI=1S/C21H17N7O/c1-27-12-23-18-8-14(5-6-19(18)27)20(29)26-21-22-9-15-4-3-13(7-17(15)25-21)16-10-24-28(2)11-16/h3-12H,1-2H3,(H,22,25,26,29). The van der Waals surface area contributed by atoms with Crippen LogP contribution in [-0.2, 0) is 14.1 Å². The van der Waals surface area contributed by atoms with Gasteiger partial charge in [0.15, 0.2) is 0 Å². The van der Waals surface area contributed by atoms with Crippen LogP contribution in [0.25, 0.3) is 33.1 Å². The number of fused-ring (bicyclic) bond motifs is 2. The van der Waals surface area contributed by atoms with E-state index >= 15 is 0 Å². The molecule has 0 saturated heterocycles. The van der Waals surface area contributed by atoms with Gasteiger partial charge < -0.3 is 4.57 Å². The first-order valence-corrected chi connectivity index (χ1v) is 9.05. The lowest BCUT2D eigenvalue weighted by molar-refractivity contribution is 0.102. The molecule has 142 valence electrons. The maximum atomic E-state index is 12.7. The Balaban J connectivity index is 1.45. The SMILES string of the molecule is Cn1cc(-c2ccc3cnc(NC(=O)c4ccc5c(c4)ncn5C)nc3c2)cn1. The van der Waals surface area contributed by atoms with Gasteiger partial charge in [-0.15, -0.1) is 0 Å². The average molecular weight is 383 g/mol. The Hall–Kier alpha value is -4.07. The molecule has 0 saturated carbocycles. The molecule has 0 aliphatic heterocycles. The summed E-state index contributed by atoms with van der Waals surface area (Å²) < 4.78 is 3.66. The van der Waals surface area contributed by atoms with Gasteiger partial charge >= 0.3 is 0 Å². The minimum Gasteiger partial charge on any atom is -0.334 e. The van der Waals surface area contributed by atoms with Crippen LogP contribution in [0.5, 0.6) is 0 Å². The van der Waals surface area contributed by atoms with E-state index < -0.39 is 0 Å².